The summed E-state index contributed by atoms with van der Waals surface area (Å²) in [5, 5.41) is 0. The Labute approximate surface area is 161 Å². The minimum absolute atomic E-state index is 0.292. The summed E-state index contributed by atoms with van der Waals surface area (Å²) in [5.41, 5.74) is 1.15. The van der Waals surface area contributed by atoms with Crippen molar-refractivity contribution in [2.24, 2.45) is 5.92 Å². The predicted molar refractivity (Wildman–Crippen MR) is 107 cm³/mol. The molecule has 0 N–H and O–H groups in total. The normalized spacial score (nSPS) is 21.2. The molecular formula is C23H27NO3. The van der Waals surface area contributed by atoms with Crippen LogP contribution in [0, 0.1) is 5.92 Å². The van der Waals surface area contributed by atoms with E-state index in [0.29, 0.717) is 24.3 Å². The molecule has 2 aromatic carbocycles. The molecule has 4 rings (SSSR count). The number of carbonyl (C=O) groups is 1. The van der Waals surface area contributed by atoms with Crippen molar-refractivity contribution in [2.75, 3.05) is 20.7 Å². The standard InChI is InChI=1S/C14H14O2.C9H13NO/c1-15-13-9-5-6-10-14(13)16-11-12-7-3-2-4-8-12;1-10-5-4-7-2-3-8(11)6-9(7)10/h2-10H,11H2,1H3;2-3,7,9H,4-6H2,1H3. The zero-order chi connectivity index (χ0) is 19.1. The van der Waals surface area contributed by atoms with Crippen LogP contribution >= 0.6 is 0 Å². The second-order valence-corrected chi connectivity index (χ2v) is 6.96. The van der Waals surface area contributed by atoms with E-state index >= 15 is 0 Å². The van der Waals surface area contributed by atoms with Crippen molar-refractivity contribution in [3.05, 3.63) is 72.3 Å². The molecule has 2 aromatic rings. The molecule has 1 aliphatic carbocycles. The van der Waals surface area contributed by atoms with Gasteiger partial charge in [0.15, 0.2) is 17.3 Å². The topological polar surface area (TPSA) is 38.8 Å². The molecule has 0 aromatic heterocycles. The van der Waals surface area contributed by atoms with E-state index in [2.05, 4.69) is 18.0 Å². The van der Waals surface area contributed by atoms with E-state index in [4.69, 9.17) is 9.47 Å². The Balaban J connectivity index is 0.000000166. The average molecular weight is 365 g/mol. The highest BCUT2D eigenvalue weighted by molar-refractivity contribution is 5.91. The number of likely N-dealkylation sites (tertiary alicyclic amines) is 1. The van der Waals surface area contributed by atoms with Gasteiger partial charge in [0.1, 0.15) is 6.61 Å². The summed E-state index contributed by atoms with van der Waals surface area (Å²) in [5.74, 6) is 2.48. The molecule has 27 heavy (non-hydrogen) atoms. The number of ether oxygens (including phenoxy) is 2. The first-order valence-corrected chi connectivity index (χ1v) is 9.38. The first-order chi connectivity index (χ1) is 13.2. The lowest BCUT2D eigenvalue weighted by molar-refractivity contribution is -0.116. The molecule has 1 heterocycles. The van der Waals surface area contributed by atoms with Gasteiger partial charge >= 0.3 is 0 Å². The predicted octanol–water partition coefficient (Wildman–Crippen LogP) is 4.11. The summed E-state index contributed by atoms with van der Waals surface area (Å²) in [6.45, 7) is 1.70. The molecule has 0 saturated carbocycles. The summed E-state index contributed by atoms with van der Waals surface area (Å²) in [6, 6.07) is 18.2. The molecule has 0 bridgehead atoms. The Morgan fingerprint density at radius 3 is 2.48 bits per heavy atom. The summed E-state index contributed by atoms with van der Waals surface area (Å²) in [4.78, 5) is 13.3. The summed E-state index contributed by atoms with van der Waals surface area (Å²) >= 11 is 0. The largest absolute Gasteiger partial charge is 0.493 e. The molecule has 0 radical (unpaired) electrons. The van der Waals surface area contributed by atoms with Crippen LogP contribution in [0.25, 0.3) is 0 Å². The smallest absolute Gasteiger partial charge is 0.161 e. The molecule has 2 aliphatic rings. The van der Waals surface area contributed by atoms with E-state index in [1.165, 1.54) is 6.42 Å². The third-order valence-electron chi connectivity index (χ3n) is 5.12. The third-order valence-corrected chi connectivity index (χ3v) is 5.12. The van der Waals surface area contributed by atoms with Gasteiger partial charge < -0.3 is 14.4 Å². The minimum Gasteiger partial charge on any atom is -0.493 e. The fourth-order valence-corrected chi connectivity index (χ4v) is 3.55. The van der Waals surface area contributed by atoms with Gasteiger partial charge in [0.05, 0.1) is 7.11 Å². The van der Waals surface area contributed by atoms with Gasteiger partial charge in [-0.25, -0.2) is 0 Å². The average Bonchev–Trinajstić information content (AvgIpc) is 3.08. The SMILES string of the molecule is CN1CCC2C=CC(=O)CC21.COc1ccccc1OCc1ccccc1. The van der Waals surface area contributed by atoms with Crippen LogP contribution in [0.2, 0.25) is 0 Å². The maximum atomic E-state index is 11.0. The molecule has 2 unspecified atom stereocenters. The number of allylic oxidation sites excluding steroid dienone is 1. The molecule has 0 spiro atoms. The molecule has 1 saturated heterocycles. The van der Waals surface area contributed by atoms with Crippen molar-refractivity contribution in [1.82, 2.24) is 4.90 Å². The van der Waals surface area contributed by atoms with E-state index in [1.54, 1.807) is 13.2 Å². The van der Waals surface area contributed by atoms with E-state index in [0.717, 1.165) is 30.0 Å². The van der Waals surface area contributed by atoms with E-state index in [9.17, 15) is 4.79 Å². The maximum Gasteiger partial charge on any atom is 0.161 e. The van der Waals surface area contributed by atoms with Gasteiger partial charge in [-0.3, -0.25) is 4.79 Å². The van der Waals surface area contributed by atoms with Crippen molar-refractivity contribution in [3.63, 3.8) is 0 Å². The van der Waals surface area contributed by atoms with Crippen LogP contribution in [0.4, 0.5) is 0 Å². The quantitative estimate of drug-likeness (QED) is 0.817. The number of para-hydroxylation sites is 2. The molecule has 1 fully saturated rings. The minimum atomic E-state index is 0.292. The Morgan fingerprint density at radius 2 is 1.74 bits per heavy atom. The number of ketones is 1. The first kappa shape index (κ1) is 19.2. The zero-order valence-electron chi connectivity index (χ0n) is 16.0. The lowest BCUT2D eigenvalue weighted by Gasteiger charge is -2.24. The number of rotatable bonds is 4. The van der Waals surface area contributed by atoms with Gasteiger partial charge in [-0.15, -0.1) is 0 Å². The molecule has 2 atom stereocenters. The number of methoxy groups -OCH3 is 1. The Bertz CT molecular complexity index is 772. The number of hydrogen-bond donors (Lipinski definition) is 0. The molecule has 1 aliphatic heterocycles. The van der Waals surface area contributed by atoms with Gasteiger partial charge in [-0.1, -0.05) is 48.5 Å². The first-order valence-electron chi connectivity index (χ1n) is 9.38. The maximum absolute atomic E-state index is 11.0. The van der Waals surface area contributed by atoms with E-state index in [1.807, 2.05) is 54.6 Å². The highest BCUT2D eigenvalue weighted by atomic mass is 16.5. The van der Waals surface area contributed by atoms with Crippen LogP contribution in [0.1, 0.15) is 18.4 Å². The second kappa shape index (κ2) is 9.38. The lowest BCUT2D eigenvalue weighted by Crippen LogP contribution is -2.32. The fraction of sp³-hybridized carbons (Fsp3) is 0.348. The Kier molecular flexibility index (Phi) is 6.66. The molecule has 4 nitrogen and oxygen atoms in total. The van der Waals surface area contributed by atoms with Gasteiger partial charge in [0.25, 0.3) is 0 Å². The van der Waals surface area contributed by atoms with Crippen molar-refractivity contribution < 1.29 is 14.3 Å². The van der Waals surface area contributed by atoms with Crippen LogP contribution in [0.3, 0.4) is 0 Å². The third kappa shape index (κ3) is 5.20. The van der Waals surface area contributed by atoms with Crippen LogP contribution in [-0.2, 0) is 11.4 Å². The van der Waals surface area contributed by atoms with Gasteiger partial charge in [-0.2, -0.15) is 0 Å². The number of carbonyl (C=O) groups excluding carboxylic acids is 1. The zero-order valence-corrected chi connectivity index (χ0v) is 16.0. The number of fused-ring (bicyclic) bond motifs is 1. The van der Waals surface area contributed by atoms with Gasteiger partial charge in [0, 0.05) is 12.5 Å². The van der Waals surface area contributed by atoms with Crippen molar-refractivity contribution in [3.8, 4) is 11.5 Å². The van der Waals surface area contributed by atoms with Gasteiger partial charge in [0.2, 0.25) is 0 Å². The van der Waals surface area contributed by atoms with Crippen molar-refractivity contribution in [2.45, 2.75) is 25.5 Å². The van der Waals surface area contributed by atoms with E-state index < -0.39 is 0 Å². The summed E-state index contributed by atoms with van der Waals surface area (Å²) in [7, 11) is 3.75. The van der Waals surface area contributed by atoms with E-state index in [-0.39, 0.29) is 0 Å². The molecule has 4 heteroatoms. The fourth-order valence-electron chi connectivity index (χ4n) is 3.55. The van der Waals surface area contributed by atoms with Gasteiger partial charge in [-0.05, 0) is 49.7 Å². The summed E-state index contributed by atoms with van der Waals surface area (Å²) in [6.07, 6.45) is 5.79. The number of nitrogens with zero attached hydrogens (tertiary/aromatic N) is 1. The highest BCUT2D eigenvalue weighted by Crippen LogP contribution is 2.29. The number of benzene rings is 2. The molecular weight excluding hydrogens is 338 g/mol. The highest BCUT2D eigenvalue weighted by Gasteiger charge is 2.33. The second-order valence-electron chi connectivity index (χ2n) is 6.96. The van der Waals surface area contributed by atoms with Crippen molar-refractivity contribution in [1.29, 1.82) is 0 Å². The van der Waals surface area contributed by atoms with Crippen LogP contribution in [-0.4, -0.2) is 37.4 Å². The number of hydrogen-bond acceptors (Lipinski definition) is 4. The van der Waals surface area contributed by atoms with Crippen molar-refractivity contribution >= 4 is 5.78 Å². The van der Waals surface area contributed by atoms with Crippen LogP contribution in [0.15, 0.2) is 66.7 Å². The Hall–Kier alpha value is -2.59. The van der Waals surface area contributed by atoms with Crippen LogP contribution < -0.4 is 9.47 Å². The monoisotopic (exact) mass is 365 g/mol. The Morgan fingerprint density at radius 1 is 1.04 bits per heavy atom. The molecule has 142 valence electrons. The lowest BCUT2D eigenvalue weighted by atomic mass is 9.90. The van der Waals surface area contributed by atoms with Crippen LogP contribution in [0.5, 0.6) is 11.5 Å². The molecule has 0 amide bonds. The summed E-state index contributed by atoms with van der Waals surface area (Å²) < 4.78 is 10.9.